The van der Waals surface area contributed by atoms with Crippen LogP contribution in [0.15, 0.2) is 48.5 Å². The maximum absolute atomic E-state index is 11.3. The van der Waals surface area contributed by atoms with Gasteiger partial charge < -0.3 is 21.3 Å². The predicted molar refractivity (Wildman–Crippen MR) is 126 cm³/mol. The van der Waals surface area contributed by atoms with Crippen LogP contribution in [0.2, 0.25) is 0 Å². The molecule has 2 aromatic carbocycles. The second kappa shape index (κ2) is 10.6. The van der Waals surface area contributed by atoms with E-state index in [0.717, 1.165) is 11.4 Å². The summed E-state index contributed by atoms with van der Waals surface area (Å²) >= 11 is 10.6. The summed E-state index contributed by atoms with van der Waals surface area (Å²) < 4.78 is 0. The molecule has 2 aromatic rings. The second-order valence-corrected chi connectivity index (χ2v) is 7.42. The van der Waals surface area contributed by atoms with Crippen LogP contribution in [0.25, 0.3) is 0 Å². The number of ketones is 2. The molecule has 0 unspecified atom stereocenters. The van der Waals surface area contributed by atoms with Crippen molar-refractivity contribution in [3.63, 3.8) is 0 Å². The normalized spacial score (nSPS) is 11.1. The average Bonchev–Trinajstić information content (AvgIpc) is 2.67. The molecule has 2 rings (SSSR count). The Morgan fingerprint density at radius 3 is 1.62 bits per heavy atom. The lowest BCUT2D eigenvalue weighted by Crippen LogP contribution is -2.44. The number of carbonyl (C=O) groups is 2. The Labute approximate surface area is 181 Å². The minimum Gasteiger partial charge on any atom is -0.360 e. The molecule has 29 heavy (non-hydrogen) atoms. The third-order valence-corrected chi connectivity index (χ3v) is 4.51. The molecule has 0 aromatic heterocycles. The summed E-state index contributed by atoms with van der Waals surface area (Å²) in [6.45, 7) is 5.60. The molecule has 0 heterocycles. The van der Waals surface area contributed by atoms with Gasteiger partial charge in [0.1, 0.15) is 0 Å². The smallest absolute Gasteiger partial charge is 0.171 e. The first-order valence-electron chi connectivity index (χ1n) is 9.09. The van der Waals surface area contributed by atoms with Crippen LogP contribution in [0, 0.1) is 0 Å². The Morgan fingerprint density at radius 2 is 1.21 bits per heavy atom. The fraction of sp³-hybridized carbons (Fsp3) is 0.238. The number of nitrogens with one attached hydrogen (secondary N) is 4. The van der Waals surface area contributed by atoms with Crippen molar-refractivity contribution in [1.29, 1.82) is 0 Å². The Kier molecular flexibility index (Phi) is 8.23. The highest BCUT2D eigenvalue weighted by molar-refractivity contribution is 7.80. The van der Waals surface area contributed by atoms with E-state index >= 15 is 0 Å². The number of hydrogen-bond donors (Lipinski definition) is 4. The fourth-order valence-corrected chi connectivity index (χ4v) is 2.96. The van der Waals surface area contributed by atoms with E-state index in [2.05, 4.69) is 21.3 Å². The van der Waals surface area contributed by atoms with Crippen LogP contribution in [0.4, 0.5) is 11.4 Å². The first-order valence-corrected chi connectivity index (χ1v) is 9.90. The number of Topliss-reactive ketones (excluding diaryl/α,β-unsaturated/α-hetero) is 2. The van der Waals surface area contributed by atoms with Crippen LogP contribution in [0.1, 0.15) is 41.5 Å². The van der Waals surface area contributed by atoms with E-state index in [1.807, 2.05) is 31.2 Å². The van der Waals surface area contributed by atoms with Gasteiger partial charge in [-0.1, -0.05) is 0 Å². The molecule has 0 aliphatic heterocycles. The predicted octanol–water partition coefficient (Wildman–Crippen LogP) is 3.75. The Hall–Kier alpha value is -2.84. The van der Waals surface area contributed by atoms with Crippen LogP contribution in [0.5, 0.6) is 0 Å². The highest BCUT2D eigenvalue weighted by Crippen LogP contribution is 2.11. The van der Waals surface area contributed by atoms with Crippen LogP contribution in [0.3, 0.4) is 0 Å². The SMILES string of the molecule is CC(=O)c1ccc(NC(=S)NC[C@@H](C)NC(=S)Nc2ccc(C(C)=O)cc2)cc1. The van der Waals surface area contributed by atoms with Gasteiger partial charge in [-0.2, -0.15) is 0 Å². The lowest BCUT2D eigenvalue weighted by Gasteiger charge is -2.19. The molecule has 0 amide bonds. The van der Waals surface area contributed by atoms with E-state index in [0.29, 0.717) is 27.9 Å². The molecule has 152 valence electrons. The number of rotatable bonds is 7. The highest BCUT2D eigenvalue weighted by Gasteiger charge is 2.07. The van der Waals surface area contributed by atoms with Gasteiger partial charge in [0, 0.05) is 35.1 Å². The average molecular weight is 429 g/mol. The lowest BCUT2D eigenvalue weighted by atomic mass is 10.1. The zero-order valence-corrected chi connectivity index (χ0v) is 18.2. The zero-order valence-electron chi connectivity index (χ0n) is 16.5. The molecule has 0 spiro atoms. The molecule has 1 atom stereocenters. The van der Waals surface area contributed by atoms with Gasteiger partial charge in [-0.05, 0) is 93.7 Å². The Bertz CT molecular complexity index is 896. The molecular formula is C21H24N4O2S2. The van der Waals surface area contributed by atoms with Gasteiger partial charge >= 0.3 is 0 Å². The van der Waals surface area contributed by atoms with Crippen LogP contribution in [-0.4, -0.2) is 34.4 Å². The van der Waals surface area contributed by atoms with Crippen molar-refractivity contribution in [3.8, 4) is 0 Å². The highest BCUT2D eigenvalue weighted by atomic mass is 32.1. The summed E-state index contributed by atoms with van der Waals surface area (Å²) in [5.41, 5.74) is 2.92. The van der Waals surface area contributed by atoms with Gasteiger partial charge in [-0.3, -0.25) is 9.59 Å². The summed E-state index contributed by atoms with van der Waals surface area (Å²) in [6, 6.07) is 14.3. The third kappa shape index (κ3) is 7.59. The molecule has 0 aliphatic carbocycles. The first-order chi connectivity index (χ1) is 13.7. The minimum atomic E-state index is 0.0198. The first kappa shape index (κ1) is 22.4. The third-order valence-electron chi connectivity index (χ3n) is 4.04. The standard InChI is InChI=1S/C21H24N4O2S2/c1-13(23-21(29)25-19-10-6-17(7-11-19)15(3)27)12-22-20(28)24-18-8-4-16(5-9-18)14(2)26/h4-11,13H,12H2,1-3H3,(H2,22,24,28)(H2,23,25,29)/t13-/m1/s1. The van der Waals surface area contributed by atoms with Gasteiger partial charge in [0.25, 0.3) is 0 Å². The van der Waals surface area contributed by atoms with E-state index in [4.69, 9.17) is 24.4 Å². The molecule has 0 saturated heterocycles. The molecule has 8 heteroatoms. The molecule has 0 saturated carbocycles. The number of carbonyl (C=O) groups excluding carboxylic acids is 2. The largest absolute Gasteiger partial charge is 0.360 e. The van der Waals surface area contributed by atoms with Gasteiger partial charge in [0.05, 0.1) is 0 Å². The maximum Gasteiger partial charge on any atom is 0.171 e. The Balaban J connectivity index is 1.74. The van der Waals surface area contributed by atoms with Crippen molar-refractivity contribution in [1.82, 2.24) is 10.6 Å². The van der Waals surface area contributed by atoms with Crippen molar-refractivity contribution in [2.45, 2.75) is 26.8 Å². The number of benzene rings is 2. The molecular weight excluding hydrogens is 404 g/mol. The van der Waals surface area contributed by atoms with Crippen molar-refractivity contribution in [2.24, 2.45) is 0 Å². The van der Waals surface area contributed by atoms with E-state index in [9.17, 15) is 9.59 Å². The van der Waals surface area contributed by atoms with Crippen molar-refractivity contribution < 1.29 is 9.59 Å². The van der Waals surface area contributed by atoms with Crippen LogP contribution in [-0.2, 0) is 0 Å². The van der Waals surface area contributed by atoms with Crippen LogP contribution >= 0.6 is 24.4 Å². The summed E-state index contributed by atoms with van der Waals surface area (Å²) in [5, 5.41) is 13.4. The summed E-state index contributed by atoms with van der Waals surface area (Å²) in [6.07, 6.45) is 0. The van der Waals surface area contributed by atoms with Crippen molar-refractivity contribution in [3.05, 3.63) is 59.7 Å². The van der Waals surface area contributed by atoms with E-state index in [1.54, 1.807) is 24.3 Å². The number of hydrogen-bond acceptors (Lipinski definition) is 4. The van der Waals surface area contributed by atoms with Crippen molar-refractivity contribution in [2.75, 3.05) is 17.2 Å². The second-order valence-electron chi connectivity index (χ2n) is 6.60. The van der Waals surface area contributed by atoms with Gasteiger partial charge in [-0.25, -0.2) is 0 Å². The van der Waals surface area contributed by atoms with Gasteiger partial charge in [-0.15, -0.1) is 0 Å². The van der Waals surface area contributed by atoms with Crippen LogP contribution < -0.4 is 21.3 Å². The minimum absolute atomic E-state index is 0.0198. The Morgan fingerprint density at radius 1 is 0.793 bits per heavy atom. The van der Waals surface area contributed by atoms with E-state index in [-0.39, 0.29) is 17.6 Å². The summed E-state index contributed by atoms with van der Waals surface area (Å²) in [4.78, 5) is 22.6. The number of anilines is 2. The molecule has 0 fully saturated rings. The molecule has 0 aliphatic rings. The number of thiocarbonyl (C=S) groups is 2. The van der Waals surface area contributed by atoms with Crippen molar-refractivity contribution >= 4 is 57.6 Å². The lowest BCUT2D eigenvalue weighted by molar-refractivity contribution is 0.100. The monoisotopic (exact) mass is 428 g/mol. The molecule has 4 N–H and O–H groups in total. The van der Waals surface area contributed by atoms with Gasteiger partial charge in [0.2, 0.25) is 0 Å². The zero-order chi connectivity index (χ0) is 21.4. The maximum atomic E-state index is 11.3. The fourth-order valence-electron chi connectivity index (χ4n) is 2.44. The molecule has 0 radical (unpaired) electrons. The molecule has 0 bridgehead atoms. The van der Waals surface area contributed by atoms with E-state index < -0.39 is 0 Å². The summed E-state index contributed by atoms with van der Waals surface area (Å²) in [7, 11) is 0. The van der Waals surface area contributed by atoms with E-state index in [1.165, 1.54) is 13.8 Å². The van der Waals surface area contributed by atoms with Gasteiger partial charge in [0.15, 0.2) is 21.8 Å². The quantitative estimate of drug-likeness (QED) is 0.392. The summed E-state index contributed by atoms with van der Waals surface area (Å²) in [5.74, 6) is 0.0489. The molecule has 6 nitrogen and oxygen atoms in total. The topological polar surface area (TPSA) is 82.3 Å².